The molecule has 23 heavy (non-hydrogen) atoms. The Bertz CT molecular complexity index is 616. The Morgan fingerprint density at radius 1 is 1.09 bits per heavy atom. The van der Waals surface area contributed by atoms with E-state index in [0.717, 1.165) is 31.9 Å². The van der Waals surface area contributed by atoms with E-state index in [4.69, 9.17) is 9.88 Å². The van der Waals surface area contributed by atoms with Gasteiger partial charge >= 0.3 is 0 Å². The summed E-state index contributed by atoms with van der Waals surface area (Å²) in [4.78, 5) is 3.04. The monoisotopic (exact) mass is 333 g/mol. The van der Waals surface area contributed by atoms with Crippen LogP contribution in [0, 0.1) is 0 Å². The van der Waals surface area contributed by atoms with Crippen LogP contribution in [0.1, 0.15) is 0 Å². The second kappa shape index (κ2) is 9.29. The zero-order valence-corrected chi connectivity index (χ0v) is 14.1. The van der Waals surface area contributed by atoms with E-state index < -0.39 is 11.0 Å². The molecule has 1 aliphatic rings. The highest BCUT2D eigenvalue weighted by molar-refractivity contribution is 7.82. The minimum Gasteiger partial charge on any atom is -0.497 e. The van der Waals surface area contributed by atoms with E-state index in [1.807, 2.05) is 18.2 Å². The normalized spacial score (nSPS) is 15.3. The quantitative estimate of drug-likeness (QED) is 0.898. The molecule has 1 unspecified atom stereocenters. The Morgan fingerprint density at radius 3 is 2.35 bits per heavy atom. The first kappa shape index (κ1) is 17.5. The molecule has 3 N–H and O–H groups in total. The lowest BCUT2D eigenvalue weighted by atomic mass is 10.2. The first-order valence-corrected chi connectivity index (χ1v) is 8.73. The fourth-order valence-electron chi connectivity index (χ4n) is 2.28. The second-order valence-corrected chi connectivity index (χ2v) is 6.12. The third-order valence-corrected chi connectivity index (χ3v) is 4.25. The number of nitrogens with two attached hydrogens (primary N) is 1. The summed E-state index contributed by atoms with van der Waals surface area (Å²) < 4.78 is 15.7. The third-order valence-electron chi connectivity index (χ3n) is 3.51. The molecule has 1 saturated heterocycles. The summed E-state index contributed by atoms with van der Waals surface area (Å²) in [7, 11) is 0.376. The third kappa shape index (κ3) is 5.67. The molecule has 1 heterocycles. The van der Waals surface area contributed by atoms with Gasteiger partial charge in [-0.05, 0) is 24.3 Å². The molecule has 0 aromatic heterocycles. The summed E-state index contributed by atoms with van der Waals surface area (Å²) in [6.07, 6.45) is 0. The van der Waals surface area contributed by atoms with E-state index in [0.29, 0.717) is 4.90 Å². The molecule has 0 aliphatic carbocycles. The van der Waals surface area contributed by atoms with Crippen molar-refractivity contribution in [3.05, 3.63) is 54.6 Å². The molecule has 0 spiro atoms. The van der Waals surface area contributed by atoms with Crippen molar-refractivity contribution in [2.45, 2.75) is 4.90 Å². The molecular formula is C17H23N3O2S. The Kier molecular flexibility index (Phi) is 7.06. The van der Waals surface area contributed by atoms with Gasteiger partial charge in [0.15, 0.2) is 0 Å². The van der Waals surface area contributed by atoms with Gasteiger partial charge in [0.2, 0.25) is 0 Å². The Morgan fingerprint density at radius 2 is 1.78 bits per heavy atom. The van der Waals surface area contributed by atoms with Crippen LogP contribution in [-0.2, 0) is 11.0 Å². The van der Waals surface area contributed by atoms with E-state index in [2.05, 4.69) is 22.3 Å². The molecule has 0 radical (unpaired) electrons. The van der Waals surface area contributed by atoms with Gasteiger partial charge in [-0.2, -0.15) is 0 Å². The predicted octanol–water partition coefficient (Wildman–Crippen LogP) is 1.77. The van der Waals surface area contributed by atoms with Gasteiger partial charge in [-0.1, -0.05) is 24.3 Å². The smallest absolute Gasteiger partial charge is 0.122 e. The Balaban J connectivity index is 0.000000185. The van der Waals surface area contributed by atoms with Crippen LogP contribution in [0.25, 0.3) is 0 Å². The highest BCUT2D eigenvalue weighted by Gasteiger charge is 2.10. The standard InChI is InChI=1S/C11H16N2O.C6H7NOS/c1-14-11-4-2-3-10(9-11)13-7-5-12-6-8-13;7-9(8)6-4-2-1-3-5-6/h2-4,9,12H,5-8H2,1H3;1-5H,7H2. The molecule has 1 atom stereocenters. The summed E-state index contributed by atoms with van der Waals surface area (Å²) in [5, 5.41) is 8.43. The Labute approximate surface area is 140 Å². The number of ether oxygens (including phenoxy) is 1. The Hall–Kier alpha value is -1.89. The molecule has 2 aromatic carbocycles. The first-order valence-electron chi connectivity index (χ1n) is 7.51. The molecular weight excluding hydrogens is 310 g/mol. The molecule has 3 rings (SSSR count). The highest BCUT2D eigenvalue weighted by atomic mass is 32.2. The number of hydrogen-bond donors (Lipinski definition) is 2. The zero-order valence-electron chi connectivity index (χ0n) is 13.3. The maximum Gasteiger partial charge on any atom is 0.122 e. The largest absolute Gasteiger partial charge is 0.497 e. The topological polar surface area (TPSA) is 67.6 Å². The molecule has 2 aromatic rings. The van der Waals surface area contributed by atoms with Gasteiger partial charge in [-0.3, -0.25) is 0 Å². The number of piperazine rings is 1. The number of rotatable bonds is 3. The lowest BCUT2D eigenvalue weighted by molar-refractivity contribution is 0.414. The highest BCUT2D eigenvalue weighted by Crippen LogP contribution is 2.20. The van der Waals surface area contributed by atoms with E-state index in [1.54, 1.807) is 31.4 Å². The van der Waals surface area contributed by atoms with Crippen molar-refractivity contribution in [3.63, 3.8) is 0 Å². The van der Waals surface area contributed by atoms with E-state index >= 15 is 0 Å². The summed E-state index contributed by atoms with van der Waals surface area (Å²) in [5.74, 6) is 0.932. The van der Waals surface area contributed by atoms with Crippen molar-refractivity contribution < 1.29 is 8.95 Å². The number of anilines is 1. The fourth-order valence-corrected chi connectivity index (χ4v) is 2.71. The van der Waals surface area contributed by atoms with Crippen LogP contribution >= 0.6 is 0 Å². The molecule has 1 aliphatic heterocycles. The lowest BCUT2D eigenvalue weighted by Gasteiger charge is -2.29. The van der Waals surface area contributed by atoms with Crippen molar-refractivity contribution in [2.24, 2.45) is 5.14 Å². The van der Waals surface area contributed by atoms with Crippen LogP contribution in [0.5, 0.6) is 5.75 Å². The van der Waals surface area contributed by atoms with Gasteiger partial charge in [0.25, 0.3) is 0 Å². The summed E-state index contributed by atoms with van der Waals surface area (Å²) in [6, 6.07) is 17.2. The average Bonchev–Trinajstić information content (AvgIpc) is 2.64. The predicted molar refractivity (Wildman–Crippen MR) is 95.1 cm³/mol. The minimum absolute atomic E-state index is 0.664. The maximum atomic E-state index is 10.5. The lowest BCUT2D eigenvalue weighted by Crippen LogP contribution is -2.43. The van der Waals surface area contributed by atoms with Crippen LogP contribution in [0.4, 0.5) is 5.69 Å². The number of nitrogens with one attached hydrogen (secondary N) is 1. The van der Waals surface area contributed by atoms with Gasteiger partial charge in [-0.15, -0.1) is 0 Å². The van der Waals surface area contributed by atoms with Crippen LogP contribution in [0.15, 0.2) is 59.5 Å². The van der Waals surface area contributed by atoms with E-state index in [1.165, 1.54) is 5.69 Å². The van der Waals surface area contributed by atoms with E-state index in [9.17, 15) is 4.21 Å². The van der Waals surface area contributed by atoms with Crippen LogP contribution in [0.3, 0.4) is 0 Å². The maximum absolute atomic E-state index is 10.5. The second-order valence-electron chi connectivity index (χ2n) is 5.05. The average molecular weight is 333 g/mol. The fraction of sp³-hybridized carbons (Fsp3) is 0.294. The minimum atomic E-state index is -1.33. The van der Waals surface area contributed by atoms with Crippen molar-refractivity contribution >= 4 is 16.7 Å². The summed E-state index contributed by atoms with van der Waals surface area (Å²) >= 11 is 0. The summed E-state index contributed by atoms with van der Waals surface area (Å²) in [6.45, 7) is 4.29. The molecule has 0 saturated carbocycles. The van der Waals surface area contributed by atoms with Gasteiger partial charge in [0.05, 0.1) is 12.0 Å². The number of hydrogen-bond acceptors (Lipinski definition) is 4. The summed E-state index contributed by atoms with van der Waals surface area (Å²) in [5.41, 5.74) is 1.26. The number of methoxy groups -OCH3 is 1. The molecule has 0 bridgehead atoms. The van der Waals surface area contributed by atoms with Gasteiger partial charge in [0, 0.05) is 37.9 Å². The molecule has 6 heteroatoms. The van der Waals surface area contributed by atoms with Crippen molar-refractivity contribution in [3.8, 4) is 5.75 Å². The van der Waals surface area contributed by atoms with Crippen molar-refractivity contribution in [2.75, 3.05) is 38.2 Å². The van der Waals surface area contributed by atoms with Gasteiger partial charge in [-0.25, -0.2) is 9.35 Å². The van der Waals surface area contributed by atoms with Crippen molar-refractivity contribution in [1.29, 1.82) is 0 Å². The van der Waals surface area contributed by atoms with Gasteiger partial charge in [0.1, 0.15) is 16.7 Å². The van der Waals surface area contributed by atoms with Gasteiger partial charge < -0.3 is 15.0 Å². The van der Waals surface area contributed by atoms with Crippen LogP contribution < -0.4 is 20.1 Å². The van der Waals surface area contributed by atoms with Crippen LogP contribution in [-0.4, -0.2) is 37.5 Å². The van der Waals surface area contributed by atoms with Crippen LogP contribution in [0.2, 0.25) is 0 Å². The number of nitrogens with zero attached hydrogens (tertiary/aromatic N) is 1. The van der Waals surface area contributed by atoms with E-state index in [-0.39, 0.29) is 0 Å². The zero-order chi connectivity index (χ0) is 16.5. The molecule has 0 amide bonds. The molecule has 1 fully saturated rings. The number of benzene rings is 2. The van der Waals surface area contributed by atoms with Crippen molar-refractivity contribution in [1.82, 2.24) is 5.32 Å². The first-order chi connectivity index (χ1) is 11.2. The molecule has 5 nitrogen and oxygen atoms in total. The SMILES string of the molecule is COc1cccc(N2CCNCC2)c1.NS(=O)c1ccccc1. The molecule has 124 valence electrons.